The molecule has 32 heavy (non-hydrogen) atoms. The van der Waals surface area contributed by atoms with Gasteiger partial charge in [0.25, 0.3) is 0 Å². The molecule has 8 heteroatoms. The summed E-state index contributed by atoms with van der Waals surface area (Å²) < 4.78 is 27.1. The molecule has 172 valence electrons. The van der Waals surface area contributed by atoms with Crippen LogP contribution in [-0.4, -0.2) is 43.7 Å². The van der Waals surface area contributed by atoms with Crippen LogP contribution < -0.4 is 10.6 Å². The summed E-state index contributed by atoms with van der Waals surface area (Å²) in [6.45, 7) is 8.08. The first-order valence-corrected chi connectivity index (χ1v) is 12.3. The molecule has 3 rings (SSSR count). The average molecular weight is 458 g/mol. The summed E-state index contributed by atoms with van der Waals surface area (Å²) in [4.78, 5) is 25.4. The molecule has 1 aliphatic rings. The molecular formula is C24H31N3O4S. The van der Waals surface area contributed by atoms with Crippen LogP contribution in [0.25, 0.3) is 0 Å². The lowest BCUT2D eigenvalue weighted by molar-refractivity contribution is -0.129. The van der Waals surface area contributed by atoms with Gasteiger partial charge in [0.05, 0.1) is 4.90 Å². The van der Waals surface area contributed by atoms with Crippen molar-refractivity contribution in [3.05, 3.63) is 59.2 Å². The topological polar surface area (TPSA) is 95.6 Å². The largest absolute Gasteiger partial charge is 0.344 e. The third kappa shape index (κ3) is 5.55. The van der Waals surface area contributed by atoms with Crippen molar-refractivity contribution in [2.45, 2.75) is 51.5 Å². The summed E-state index contributed by atoms with van der Waals surface area (Å²) in [5, 5.41) is 5.59. The van der Waals surface area contributed by atoms with E-state index >= 15 is 0 Å². The second kappa shape index (κ2) is 9.83. The molecule has 2 aromatic rings. The Kier molecular flexibility index (Phi) is 7.36. The van der Waals surface area contributed by atoms with Gasteiger partial charge in [-0.3, -0.25) is 9.59 Å². The molecule has 7 nitrogen and oxygen atoms in total. The van der Waals surface area contributed by atoms with Crippen LogP contribution in [0.2, 0.25) is 0 Å². The summed E-state index contributed by atoms with van der Waals surface area (Å²) in [6.07, 6.45) is 0.838. The molecule has 0 aromatic heterocycles. The molecule has 1 saturated heterocycles. The van der Waals surface area contributed by atoms with E-state index in [2.05, 4.69) is 10.6 Å². The Bertz CT molecular complexity index is 1090. The lowest BCUT2D eigenvalue weighted by Crippen LogP contribution is -2.47. The molecular weight excluding hydrogens is 426 g/mol. The van der Waals surface area contributed by atoms with Crippen molar-refractivity contribution < 1.29 is 18.0 Å². The maximum absolute atomic E-state index is 12.8. The zero-order valence-corrected chi connectivity index (χ0v) is 19.8. The number of piperidine rings is 1. The SMILES string of the molecule is Cc1ccc(S(=O)(=O)N2CCC(C(=O)NC(C)C(=O)Nc3ccc(C)c(C)c3)CC2)cc1. The first kappa shape index (κ1) is 23.9. The van der Waals surface area contributed by atoms with E-state index in [1.54, 1.807) is 31.2 Å². The van der Waals surface area contributed by atoms with Gasteiger partial charge in [-0.1, -0.05) is 23.8 Å². The van der Waals surface area contributed by atoms with Crippen LogP contribution >= 0.6 is 0 Å². The number of carbonyl (C=O) groups excluding carboxylic acids is 2. The van der Waals surface area contributed by atoms with Crippen LogP contribution in [0.4, 0.5) is 5.69 Å². The Morgan fingerprint density at radius 1 is 0.969 bits per heavy atom. The van der Waals surface area contributed by atoms with E-state index in [4.69, 9.17) is 0 Å². The molecule has 2 aromatic carbocycles. The van der Waals surface area contributed by atoms with Crippen LogP contribution in [0, 0.1) is 26.7 Å². The molecule has 0 aliphatic carbocycles. The maximum Gasteiger partial charge on any atom is 0.246 e. The fraction of sp³-hybridized carbons (Fsp3) is 0.417. The highest BCUT2D eigenvalue weighted by Crippen LogP contribution is 2.24. The Balaban J connectivity index is 1.53. The highest BCUT2D eigenvalue weighted by molar-refractivity contribution is 7.89. The van der Waals surface area contributed by atoms with Gasteiger partial charge in [-0.2, -0.15) is 4.31 Å². The van der Waals surface area contributed by atoms with Crippen molar-refractivity contribution >= 4 is 27.5 Å². The number of rotatable bonds is 6. The van der Waals surface area contributed by atoms with Gasteiger partial charge in [0, 0.05) is 24.7 Å². The molecule has 0 radical (unpaired) electrons. The van der Waals surface area contributed by atoms with Gasteiger partial charge >= 0.3 is 0 Å². The number of aryl methyl sites for hydroxylation is 3. The lowest BCUT2D eigenvalue weighted by atomic mass is 9.97. The molecule has 0 spiro atoms. The lowest BCUT2D eigenvalue weighted by Gasteiger charge is -2.31. The molecule has 1 fully saturated rings. The average Bonchev–Trinajstić information content (AvgIpc) is 2.76. The van der Waals surface area contributed by atoms with Crippen molar-refractivity contribution in [1.82, 2.24) is 9.62 Å². The summed E-state index contributed by atoms with van der Waals surface area (Å²) in [6, 6.07) is 11.7. The van der Waals surface area contributed by atoms with E-state index in [1.165, 1.54) is 4.31 Å². The van der Waals surface area contributed by atoms with Crippen molar-refractivity contribution in [3.8, 4) is 0 Å². The van der Waals surface area contributed by atoms with Crippen LogP contribution in [0.1, 0.15) is 36.5 Å². The van der Waals surface area contributed by atoms with Gasteiger partial charge in [0.2, 0.25) is 21.8 Å². The van der Waals surface area contributed by atoms with E-state index in [0.717, 1.165) is 16.7 Å². The van der Waals surface area contributed by atoms with Crippen molar-refractivity contribution in [2.75, 3.05) is 18.4 Å². The minimum absolute atomic E-state index is 0.222. The number of amides is 2. The van der Waals surface area contributed by atoms with Gasteiger partial charge < -0.3 is 10.6 Å². The van der Waals surface area contributed by atoms with Gasteiger partial charge in [0.1, 0.15) is 6.04 Å². The summed E-state index contributed by atoms with van der Waals surface area (Å²) in [5.41, 5.74) is 3.90. The van der Waals surface area contributed by atoms with Crippen LogP contribution in [0.5, 0.6) is 0 Å². The van der Waals surface area contributed by atoms with Crippen molar-refractivity contribution in [1.29, 1.82) is 0 Å². The van der Waals surface area contributed by atoms with Crippen molar-refractivity contribution in [2.24, 2.45) is 5.92 Å². The number of benzene rings is 2. The molecule has 1 atom stereocenters. The maximum atomic E-state index is 12.8. The zero-order chi connectivity index (χ0) is 23.5. The molecule has 1 aliphatic heterocycles. The van der Waals surface area contributed by atoms with Gasteiger partial charge in [-0.25, -0.2) is 8.42 Å². The van der Waals surface area contributed by atoms with E-state index in [1.807, 2.05) is 39.0 Å². The third-order valence-corrected chi connectivity index (χ3v) is 7.92. The monoisotopic (exact) mass is 457 g/mol. The third-order valence-electron chi connectivity index (χ3n) is 6.01. The predicted octanol–water partition coefficient (Wildman–Crippen LogP) is 3.16. The van der Waals surface area contributed by atoms with Gasteiger partial charge in [-0.15, -0.1) is 0 Å². The summed E-state index contributed by atoms with van der Waals surface area (Å²) >= 11 is 0. The number of nitrogens with zero attached hydrogens (tertiary/aromatic N) is 1. The summed E-state index contributed by atoms with van der Waals surface area (Å²) in [7, 11) is -3.57. The van der Waals surface area contributed by atoms with E-state index in [-0.39, 0.29) is 35.7 Å². The smallest absolute Gasteiger partial charge is 0.246 e. The second-order valence-corrected chi connectivity index (χ2v) is 10.4. The first-order valence-electron chi connectivity index (χ1n) is 10.8. The fourth-order valence-corrected chi connectivity index (χ4v) is 5.15. The Labute approximate surface area is 190 Å². The Morgan fingerprint density at radius 2 is 1.59 bits per heavy atom. The number of nitrogens with one attached hydrogen (secondary N) is 2. The molecule has 2 amide bonds. The quantitative estimate of drug-likeness (QED) is 0.697. The van der Waals surface area contributed by atoms with E-state index in [0.29, 0.717) is 18.5 Å². The molecule has 2 N–H and O–H groups in total. The highest BCUT2D eigenvalue weighted by atomic mass is 32.2. The molecule has 1 unspecified atom stereocenters. The van der Waals surface area contributed by atoms with Crippen LogP contribution in [0.15, 0.2) is 47.4 Å². The number of hydrogen-bond acceptors (Lipinski definition) is 4. The number of carbonyl (C=O) groups is 2. The second-order valence-electron chi connectivity index (χ2n) is 8.51. The van der Waals surface area contributed by atoms with Crippen molar-refractivity contribution in [3.63, 3.8) is 0 Å². The zero-order valence-electron chi connectivity index (χ0n) is 19.0. The Morgan fingerprint density at radius 3 is 2.19 bits per heavy atom. The number of anilines is 1. The minimum Gasteiger partial charge on any atom is -0.344 e. The standard InChI is InChI=1S/C24H31N3O4S/c1-16-5-9-22(10-6-16)32(30,31)27-13-11-20(12-14-27)24(29)25-19(4)23(28)26-21-8-7-17(2)18(3)15-21/h5-10,15,19-20H,11-14H2,1-4H3,(H,25,29)(H,26,28). The van der Waals surface area contributed by atoms with Gasteiger partial charge in [-0.05, 0) is 75.9 Å². The highest BCUT2D eigenvalue weighted by Gasteiger charge is 2.32. The van der Waals surface area contributed by atoms with E-state index < -0.39 is 16.1 Å². The molecule has 1 heterocycles. The van der Waals surface area contributed by atoms with Crippen LogP contribution in [-0.2, 0) is 19.6 Å². The Hall–Kier alpha value is -2.71. The van der Waals surface area contributed by atoms with Gasteiger partial charge in [0.15, 0.2) is 0 Å². The predicted molar refractivity (Wildman–Crippen MR) is 125 cm³/mol. The normalized spacial score (nSPS) is 16.4. The number of hydrogen-bond donors (Lipinski definition) is 2. The van der Waals surface area contributed by atoms with Crippen LogP contribution in [0.3, 0.4) is 0 Å². The number of sulfonamides is 1. The van der Waals surface area contributed by atoms with E-state index in [9.17, 15) is 18.0 Å². The molecule has 0 bridgehead atoms. The first-order chi connectivity index (χ1) is 15.1. The molecule has 0 saturated carbocycles. The minimum atomic E-state index is -3.57. The fourth-order valence-electron chi connectivity index (χ4n) is 3.68. The summed E-state index contributed by atoms with van der Waals surface area (Å²) in [5.74, 6) is -0.836.